The monoisotopic (exact) mass is 383 g/mol. The highest BCUT2D eigenvalue weighted by atomic mass is 19.1. The molecule has 0 unspecified atom stereocenters. The van der Waals surface area contributed by atoms with E-state index in [1.165, 1.54) is 0 Å². The molecule has 0 aliphatic carbocycles. The number of aliphatic hydroxyl groups excluding tert-OH is 1. The molecular formula is C21H34FNO4. The summed E-state index contributed by atoms with van der Waals surface area (Å²) in [5.41, 5.74) is -0.381. The number of para-hydroxylation sites is 1. The van der Waals surface area contributed by atoms with Gasteiger partial charge in [-0.15, -0.1) is 0 Å². The minimum Gasteiger partial charge on any atom is -0.493 e. The first-order valence-electron chi connectivity index (χ1n) is 9.58. The number of unbranched alkanes of at least 4 members (excludes halogenated alkanes) is 2. The van der Waals surface area contributed by atoms with Crippen LogP contribution in [0.1, 0.15) is 58.9 Å². The summed E-state index contributed by atoms with van der Waals surface area (Å²) in [5, 5.41) is 12.5. The van der Waals surface area contributed by atoms with E-state index in [2.05, 4.69) is 5.32 Å². The molecule has 6 heteroatoms. The summed E-state index contributed by atoms with van der Waals surface area (Å²) >= 11 is 0. The SMILES string of the molecule is CC(C)(C)OC(=O)N[C@@](C)(CO)CCc1ccccc1OCCCCCF. The summed E-state index contributed by atoms with van der Waals surface area (Å²) in [7, 11) is 0. The molecule has 0 heterocycles. The fourth-order valence-electron chi connectivity index (χ4n) is 2.55. The Bertz CT molecular complexity index is 574. The Morgan fingerprint density at radius 3 is 2.48 bits per heavy atom. The van der Waals surface area contributed by atoms with Gasteiger partial charge in [0.15, 0.2) is 0 Å². The van der Waals surface area contributed by atoms with Crippen molar-refractivity contribution in [2.24, 2.45) is 0 Å². The maximum Gasteiger partial charge on any atom is 0.408 e. The van der Waals surface area contributed by atoms with Gasteiger partial charge in [-0.2, -0.15) is 0 Å². The second-order valence-electron chi connectivity index (χ2n) is 8.05. The van der Waals surface area contributed by atoms with E-state index >= 15 is 0 Å². The number of carbonyl (C=O) groups is 1. The molecule has 0 bridgehead atoms. The highest BCUT2D eigenvalue weighted by Crippen LogP contribution is 2.23. The van der Waals surface area contributed by atoms with Crippen molar-refractivity contribution < 1.29 is 23.8 Å². The van der Waals surface area contributed by atoms with E-state index in [4.69, 9.17) is 9.47 Å². The Kier molecular flexibility index (Phi) is 9.56. The van der Waals surface area contributed by atoms with Crippen molar-refractivity contribution in [3.8, 4) is 5.75 Å². The van der Waals surface area contributed by atoms with E-state index in [0.29, 0.717) is 25.9 Å². The Balaban J connectivity index is 2.62. The lowest BCUT2D eigenvalue weighted by atomic mass is 9.94. The average Bonchev–Trinajstić information content (AvgIpc) is 2.59. The molecule has 0 aliphatic rings. The number of alkyl halides is 1. The molecular weight excluding hydrogens is 349 g/mol. The maximum atomic E-state index is 12.1. The maximum absolute atomic E-state index is 12.1. The highest BCUT2D eigenvalue weighted by Gasteiger charge is 2.28. The third-order valence-electron chi connectivity index (χ3n) is 4.11. The molecule has 0 aromatic heterocycles. The van der Waals surface area contributed by atoms with Crippen LogP contribution < -0.4 is 10.1 Å². The Morgan fingerprint density at radius 1 is 1.15 bits per heavy atom. The van der Waals surface area contributed by atoms with Gasteiger partial charge < -0.3 is 19.9 Å². The number of nitrogens with one attached hydrogen (secondary N) is 1. The first-order chi connectivity index (χ1) is 12.7. The number of aryl methyl sites for hydroxylation is 1. The van der Waals surface area contributed by atoms with Crippen LogP contribution >= 0.6 is 0 Å². The minimum absolute atomic E-state index is 0.196. The zero-order valence-corrected chi connectivity index (χ0v) is 17.0. The lowest BCUT2D eigenvalue weighted by molar-refractivity contribution is 0.0407. The van der Waals surface area contributed by atoms with Crippen LogP contribution in [0.2, 0.25) is 0 Å². The van der Waals surface area contributed by atoms with Crippen LogP contribution in [0.4, 0.5) is 9.18 Å². The Morgan fingerprint density at radius 2 is 1.85 bits per heavy atom. The first-order valence-corrected chi connectivity index (χ1v) is 9.58. The molecule has 0 saturated carbocycles. The standard InChI is InChI=1S/C21H34FNO4/c1-20(2,3)27-19(25)23-21(4,16-24)13-12-17-10-6-7-11-18(17)26-15-9-5-8-14-22/h6-7,10-11,24H,5,8-9,12-16H2,1-4H3,(H,23,25)/t21-/m1/s1. The third-order valence-corrected chi connectivity index (χ3v) is 4.11. The number of aliphatic hydroxyl groups is 1. The van der Waals surface area contributed by atoms with Gasteiger partial charge in [0, 0.05) is 0 Å². The summed E-state index contributed by atoms with van der Waals surface area (Å²) < 4.78 is 23.3. The summed E-state index contributed by atoms with van der Waals surface area (Å²) in [6.07, 6.45) is 2.80. The van der Waals surface area contributed by atoms with Crippen molar-refractivity contribution in [1.29, 1.82) is 0 Å². The van der Waals surface area contributed by atoms with E-state index < -0.39 is 17.2 Å². The molecule has 1 rings (SSSR count). The molecule has 0 spiro atoms. The predicted molar refractivity (Wildman–Crippen MR) is 105 cm³/mol. The van der Waals surface area contributed by atoms with Crippen LogP contribution in [-0.2, 0) is 11.2 Å². The molecule has 1 atom stereocenters. The van der Waals surface area contributed by atoms with Gasteiger partial charge in [-0.3, -0.25) is 4.39 Å². The number of benzene rings is 1. The quantitative estimate of drug-likeness (QED) is 0.555. The molecule has 0 fully saturated rings. The Hall–Kier alpha value is -1.82. The largest absolute Gasteiger partial charge is 0.493 e. The van der Waals surface area contributed by atoms with Crippen LogP contribution in [0.3, 0.4) is 0 Å². The number of alkyl carbamates (subject to hydrolysis) is 1. The Labute approximate surface area is 162 Å². The zero-order chi connectivity index (χ0) is 20.3. The van der Waals surface area contributed by atoms with Crippen molar-refractivity contribution in [2.45, 2.75) is 70.9 Å². The summed E-state index contributed by atoms with van der Waals surface area (Å²) in [6, 6.07) is 7.72. The number of hydrogen-bond acceptors (Lipinski definition) is 4. The highest BCUT2D eigenvalue weighted by molar-refractivity contribution is 5.68. The smallest absolute Gasteiger partial charge is 0.408 e. The van der Waals surface area contributed by atoms with Gasteiger partial charge in [-0.1, -0.05) is 18.2 Å². The number of halogens is 1. The van der Waals surface area contributed by atoms with Crippen molar-refractivity contribution in [3.05, 3.63) is 29.8 Å². The van der Waals surface area contributed by atoms with Gasteiger partial charge in [0.1, 0.15) is 11.4 Å². The summed E-state index contributed by atoms with van der Waals surface area (Å²) in [6.45, 7) is 7.24. The fraction of sp³-hybridized carbons (Fsp3) is 0.667. The van der Waals surface area contributed by atoms with Crippen LogP contribution in [0.5, 0.6) is 5.75 Å². The average molecular weight is 384 g/mol. The zero-order valence-electron chi connectivity index (χ0n) is 17.0. The summed E-state index contributed by atoms with van der Waals surface area (Å²) in [4.78, 5) is 12.0. The van der Waals surface area contributed by atoms with Crippen LogP contribution in [-0.4, -0.2) is 42.2 Å². The van der Waals surface area contributed by atoms with Crippen LogP contribution in [0.15, 0.2) is 24.3 Å². The predicted octanol–water partition coefficient (Wildman–Crippen LogP) is 4.41. The first kappa shape index (κ1) is 23.2. The lowest BCUT2D eigenvalue weighted by Crippen LogP contribution is -2.50. The molecule has 0 radical (unpaired) electrons. The molecule has 27 heavy (non-hydrogen) atoms. The third kappa shape index (κ3) is 9.61. The molecule has 0 aliphatic heterocycles. The van der Waals surface area contributed by atoms with Gasteiger partial charge in [-0.05, 0) is 71.4 Å². The normalized spacial score (nSPS) is 13.7. The molecule has 154 valence electrons. The van der Waals surface area contributed by atoms with Gasteiger partial charge in [0.25, 0.3) is 0 Å². The molecule has 1 aromatic carbocycles. The second-order valence-corrected chi connectivity index (χ2v) is 8.05. The number of rotatable bonds is 11. The van der Waals surface area contributed by atoms with Crippen molar-refractivity contribution in [2.75, 3.05) is 19.9 Å². The van der Waals surface area contributed by atoms with Crippen molar-refractivity contribution in [3.63, 3.8) is 0 Å². The van der Waals surface area contributed by atoms with Gasteiger partial charge in [-0.25, -0.2) is 4.79 Å². The molecule has 1 amide bonds. The topological polar surface area (TPSA) is 67.8 Å². The number of ether oxygens (including phenoxy) is 2. The van der Waals surface area contributed by atoms with Gasteiger partial charge in [0.05, 0.1) is 25.4 Å². The number of carbonyl (C=O) groups excluding carboxylic acids is 1. The van der Waals surface area contributed by atoms with E-state index in [1.54, 1.807) is 27.7 Å². The van der Waals surface area contributed by atoms with Gasteiger partial charge in [0.2, 0.25) is 0 Å². The van der Waals surface area contributed by atoms with Crippen molar-refractivity contribution in [1.82, 2.24) is 5.32 Å². The fourth-order valence-corrected chi connectivity index (χ4v) is 2.55. The summed E-state index contributed by atoms with van der Waals surface area (Å²) in [5.74, 6) is 0.787. The van der Waals surface area contributed by atoms with E-state index in [-0.39, 0.29) is 13.3 Å². The van der Waals surface area contributed by atoms with Crippen molar-refractivity contribution >= 4 is 6.09 Å². The van der Waals surface area contributed by atoms with Crippen LogP contribution in [0, 0.1) is 0 Å². The molecule has 5 nitrogen and oxygen atoms in total. The lowest BCUT2D eigenvalue weighted by Gasteiger charge is -2.30. The molecule has 2 N–H and O–H groups in total. The number of amides is 1. The van der Waals surface area contributed by atoms with Crippen LogP contribution in [0.25, 0.3) is 0 Å². The minimum atomic E-state index is -0.795. The molecule has 0 saturated heterocycles. The van der Waals surface area contributed by atoms with E-state index in [1.807, 2.05) is 24.3 Å². The van der Waals surface area contributed by atoms with Gasteiger partial charge >= 0.3 is 6.09 Å². The van der Waals surface area contributed by atoms with E-state index in [9.17, 15) is 14.3 Å². The number of hydrogen-bond donors (Lipinski definition) is 2. The second kappa shape index (κ2) is 11.1. The van der Waals surface area contributed by atoms with E-state index in [0.717, 1.165) is 24.2 Å². The molecule has 1 aromatic rings.